The monoisotopic (exact) mass is 530 g/mol. The predicted molar refractivity (Wildman–Crippen MR) is 147 cm³/mol. The highest BCUT2D eigenvalue weighted by atomic mass is 32.2. The summed E-state index contributed by atoms with van der Waals surface area (Å²) in [6.07, 6.45) is 4.12. The first-order valence-electron chi connectivity index (χ1n) is 12.6. The third-order valence-corrected chi connectivity index (χ3v) is 7.02. The maximum atomic E-state index is 12.5. The van der Waals surface area contributed by atoms with Crippen LogP contribution in [0.2, 0.25) is 0 Å². The highest BCUT2D eigenvalue weighted by Crippen LogP contribution is 2.40. The van der Waals surface area contributed by atoms with Crippen LogP contribution in [-0.4, -0.2) is 30.3 Å². The Morgan fingerprint density at radius 3 is 1.84 bits per heavy atom. The molecule has 0 N–H and O–H groups in total. The van der Waals surface area contributed by atoms with Crippen LogP contribution in [0.25, 0.3) is 0 Å². The molecule has 6 nitrogen and oxygen atoms in total. The second kappa shape index (κ2) is 13.1. The van der Waals surface area contributed by atoms with Gasteiger partial charge < -0.3 is 14.2 Å². The zero-order valence-electron chi connectivity index (χ0n) is 21.3. The molecule has 4 rings (SSSR count). The molecule has 0 atom stereocenters. The van der Waals surface area contributed by atoms with Gasteiger partial charge in [-0.2, -0.15) is 0 Å². The van der Waals surface area contributed by atoms with Crippen LogP contribution in [0.4, 0.5) is 0 Å². The van der Waals surface area contributed by atoms with Crippen molar-refractivity contribution in [1.29, 1.82) is 0 Å². The van der Waals surface area contributed by atoms with Crippen molar-refractivity contribution in [2.75, 3.05) is 12.4 Å². The van der Waals surface area contributed by atoms with Gasteiger partial charge in [-0.1, -0.05) is 18.7 Å². The average molecular weight is 531 g/mol. The molecule has 3 aromatic rings. The molecular formula is C31H30O6S. The molecule has 3 aromatic carbocycles. The summed E-state index contributed by atoms with van der Waals surface area (Å²) < 4.78 is 16.0. The van der Waals surface area contributed by atoms with Gasteiger partial charge in [0.05, 0.1) is 17.7 Å². The van der Waals surface area contributed by atoms with Crippen LogP contribution in [0.1, 0.15) is 64.8 Å². The number of esters is 3. The number of thioether (sulfide) groups is 1. The van der Waals surface area contributed by atoms with Gasteiger partial charge in [-0.25, -0.2) is 14.4 Å². The molecule has 0 aliphatic heterocycles. The van der Waals surface area contributed by atoms with E-state index in [1.807, 2.05) is 36.4 Å². The molecule has 0 radical (unpaired) electrons. The maximum Gasteiger partial charge on any atom is 0.343 e. The summed E-state index contributed by atoms with van der Waals surface area (Å²) >= 11 is 1.67. The van der Waals surface area contributed by atoms with Crippen molar-refractivity contribution < 1.29 is 28.6 Å². The van der Waals surface area contributed by atoms with E-state index in [2.05, 4.69) is 6.58 Å². The van der Waals surface area contributed by atoms with Crippen LogP contribution in [0.3, 0.4) is 0 Å². The fourth-order valence-electron chi connectivity index (χ4n) is 3.59. The topological polar surface area (TPSA) is 78.9 Å². The minimum atomic E-state index is -0.480. The molecule has 0 saturated heterocycles. The van der Waals surface area contributed by atoms with Crippen molar-refractivity contribution >= 4 is 29.7 Å². The lowest BCUT2D eigenvalue weighted by molar-refractivity contribution is -0.139. The van der Waals surface area contributed by atoms with Crippen LogP contribution >= 0.6 is 11.8 Å². The zero-order valence-corrected chi connectivity index (χ0v) is 22.1. The van der Waals surface area contributed by atoms with E-state index >= 15 is 0 Å². The van der Waals surface area contributed by atoms with E-state index < -0.39 is 11.9 Å². The summed E-state index contributed by atoms with van der Waals surface area (Å²) in [7, 11) is 0. The van der Waals surface area contributed by atoms with E-state index in [1.54, 1.807) is 55.1 Å². The fourth-order valence-corrected chi connectivity index (χ4v) is 4.50. The summed E-state index contributed by atoms with van der Waals surface area (Å²) in [5, 5.41) is 0. The minimum Gasteiger partial charge on any atom is -0.462 e. The molecule has 1 aliphatic rings. The Bertz CT molecular complexity index is 1280. The lowest BCUT2D eigenvalue weighted by Gasteiger charge is -2.08. The van der Waals surface area contributed by atoms with Crippen molar-refractivity contribution in [1.82, 2.24) is 0 Å². The number of benzene rings is 3. The Morgan fingerprint density at radius 1 is 0.789 bits per heavy atom. The standard InChI is InChI=1S/C31H30O6S/c1-21(2)29(32)35-19-3-4-20-38-28-17-11-25(12-18-28)31(34)37-27-15-9-24(10-16-27)30(33)36-26-13-7-23(8-14-26)22-5-6-22/h7-18,22H,1,3-6,19-20H2,2H3. The number of unbranched alkanes of at least 4 members (excludes halogenated alkanes) is 1. The summed E-state index contributed by atoms with van der Waals surface area (Å²) in [6, 6.07) is 21.1. The van der Waals surface area contributed by atoms with E-state index in [9.17, 15) is 14.4 Å². The van der Waals surface area contributed by atoms with Crippen LogP contribution in [0.15, 0.2) is 89.8 Å². The smallest absolute Gasteiger partial charge is 0.343 e. The van der Waals surface area contributed by atoms with Gasteiger partial charge in [0.1, 0.15) is 11.5 Å². The van der Waals surface area contributed by atoms with Gasteiger partial charge in [0.15, 0.2) is 0 Å². The van der Waals surface area contributed by atoms with Gasteiger partial charge in [0.2, 0.25) is 0 Å². The van der Waals surface area contributed by atoms with Gasteiger partial charge in [-0.3, -0.25) is 0 Å². The summed E-state index contributed by atoms with van der Waals surface area (Å²) in [4.78, 5) is 37.4. The van der Waals surface area contributed by atoms with E-state index in [0.29, 0.717) is 40.7 Å². The number of rotatable bonds is 12. The first-order valence-corrected chi connectivity index (χ1v) is 13.6. The lowest BCUT2D eigenvalue weighted by atomic mass is 10.1. The SMILES string of the molecule is C=C(C)C(=O)OCCCCSc1ccc(C(=O)Oc2ccc(C(=O)Oc3ccc(C4CC4)cc3)cc2)cc1. The van der Waals surface area contributed by atoms with Crippen molar-refractivity contribution in [3.05, 3.63) is 102 Å². The Labute approximate surface area is 227 Å². The van der Waals surface area contributed by atoms with E-state index in [1.165, 1.54) is 18.4 Å². The molecule has 1 saturated carbocycles. The molecule has 0 unspecified atom stereocenters. The second-order valence-corrected chi connectivity index (χ2v) is 10.3. The number of carbonyl (C=O) groups excluding carboxylic acids is 3. The van der Waals surface area contributed by atoms with Crippen LogP contribution in [-0.2, 0) is 9.53 Å². The second-order valence-electron chi connectivity index (χ2n) is 9.14. The van der Waals surface area contributed by atoms with E-state index in [0.717, 1.165) is 23.5 Å². The Balaban J connectivity index is 1.19. The first kappa shape index (κ1) is 27.2. The molecule has 0 bridgehead atoms. The summed E-state index contributed by atoms with van der Waals surface area (Å²) in [5.74, 6) is 1.05. The number of hydrogen-bond donors (Lipinski definition) is 0. The fraction of sp³-hybridized carbons (Fsp3) is 0.258. The van der Waals surface area contributed by atoms with Gasteiger partial charge in [0.25, 0.3) is 0 Å². The lowest BCUT2D eigenvalue weighted by Crippen LogP contribution is -2.10. The third-order valence-electron chi connectivity index (χ3n) is 5.92. The Morgan fingerprint density at radius 2 is 1.32 bits per heavy atom. The van der Waals surface area contributed by atoms with Crippen LogP contribution < -0.4 is 9.47 Å². The highest BCUT2D eigenvalue weighted by Gasteiger charge is 2.23. The number of hydrogen-bond acceptors (Lipinski definition) is 7. The van der Waals surface area contributed by atoms with Crippen LogP contribution in [0, 0.1) is 0 Å². The Kier molecular flexibility index (Phi) is 9.38. The van der Waals surface area contributed by atoms with Gasteiger partial charge in [0, 0.05) is 10.5 Å². The predicted octanol–water partition coefficient (Wildman–Crippen LogP) is 6.99. The normalized spacial score (nSPS) is 12.4. The largest absolute Gasteiger partial charge is 0.462 e. The van der Waals surface area contributed by atoms with Crippen molar-refractivity contribution in [2.45, 2.75) is 43.4 Å². The van der Waals surface area contributed by atoms with Gasteiger partial charge in [-0.05, 0) is 111 Å². The molecule has 7 heteroatoms. The zero-order chi connectivity index (χ0) is 26.9. The number of carbonyl (C=O) groups is 3. The minimum absolute atomic E-state index is 0.339. The quantitative estimate of drug-likeness (QED) is 0.0820. The average Bonchev–Trinajstić information content (AvgIpc) is 3.77. The highest BCUT2D eigenvalue weighted by molar-refractivity contribution is 7.99. The molecule has 1 aliphatic carbocycles. The van der Waals surface area contributed by atoms with Crippen LogP contribution in [0.5, 0.6) is 11.5 Å². The van der Waals surface area contributed by atoms with E-state index in [4.69, 9.17) is 14.2 Å². The van der Waals surface area contributed by atoms with E-state index in [-0.39, 0.29) is 5.97 Å². The molecule has 0 heterocycles. The molecule has 38 heavy (non-hydrogen) atoms. The summed E-state index contributed by atoms with van der Waals surface area (Å²) in [5.41, 5.74) is 2.48. The van der Waals surface area contributed by atoms with Crippen molar-refractivity contribution in [3.8, 4) is 11.5 Å². The molecular weight excluding hydrogens is 500 g/mol. The van der Waals surface area contributed by atoms with Gasteiger partial charge in [-0.15, -0.1) is 11.8 Å². The number of ether oxygens (including phenoxy) is 3. The molecule has 1 fully saturated rings. The molecule has 0 amide bonds. The van der Waals surface area contributed by atoms with Crippen molar-refractivity contribution in [3.63, 3.8) is 0 Å². The summed E-state index contributed by atoms with van der Waals surface area (Å²) in [6.45, 7) is 5.56. The molecule has 0 aromatic heterocycles. The Hall–Kier alpha value is -3.84. The maximum absolute atomic E-state index is 12.5. The third kappa shape index (κ3) is 8.08. The van der Waals surface area contributed by atoms with Crippen molar-refractivity contribution in [2.24, 2.45) is 0 Å². The first-order chi connectivity index (χ1) is 18.4. The molecule has 196 valence electrons. The molecule has 0 spiro atoms. The van der Waals surface area contributed by atoms with Gasteiger partial charge >= 0.3 is 17.9 Å².